The molecule has 0 fully saturated rings. The van der Waals surface area contributed by atoms with Gasteiger partial charge in [-0.15, -0.1) is 0 Å². The van der Waals surface area contributed by atoms with E-state index in [1.54, 1.807) is 30.3 Å². The van der Waals surface area contributed by atoms with Crippen LogP contribution in [-0.2, 0) is 0 Å². The predicted molar refractivity (Wildman–Crippen MR) is 40.6 cm³/mol. The Balaban J connectivity index is -0.0000000540. The first kappa shape index (κ1) is 18.4. The topological polar surface area (TPSA) is 72.3 Å². The number of hydrogen-bond acceptors (Lipinski definition) is 2. The summed E-state index contributed by atoms with van der Waals surface area (Å²) in [4.78, 5) is 10.2. The Bertz CT molecular complexity index is 224. The minimum absolute atomic E-state index is 0. The zero-order valence-electron chi connectivity index (χ0n) is 9.45. The van der Waals surface area contributed by atoms with Crippen molar-refractivity contribution in [3.63, 3.8) is 0 Å². The molecule has 0 aromatic heterocycles. The largest absolute Gasteiger partial charge is 1.00 e. The van der Waals surface area contributed by atoms with Crippen LogP contribution in [0.4, 0.5) is 0 Å². The number of carbonyl (C=O) groups is 1. The molecule has 0 unspecified atom stereocenters. The molecule has 3 nitrogen and oxygen atoms in total. The number of hydrogen-bond donors (Lipinski definition) is 2. The molecule has 0 aliphatic heterocycles. The molecule has 4 N–H and O–H groups in total. The number of benzene rings is 1. The van der Waals surface area contributed by atoms with Gasteiger partial charge < -0.3 is 14.1 Å². The van der Waals surface area contributed by atoms with E-state index >= 15 is 0 Å². The smallest absolute Gasteiger partial charge is 1.00 e. The van der Waals surface area contributed by atoms with Crippen LogP contribution in [0.3, 0.4) is 0 Å². The number of aromatic carboxylic acids is 1. The van der Waals surface area contributed by atoms with Crippen LogP contribution in [0.25, 0.3) is 0 Å². The Morgan fingerprint density at radius 3 is 1.83 bits per heavy atom. The molecule has 1 aromatic rings. The maximum atomic E-state index is 10.2. The van der Waals surface area contributed by atoms with E-state index in [0.29, 0.717) is 5.56 Å². The average Bonchev–Trinajstić information content (AvgIpc) is 1.90. The van der Waals surface area contributed by atoms with Crippen molar-refractivity contribution in [3.8, 4) is 0 Å². The minimum atomic E-state index is -0.879. The van der Waals surface area contributed by atoms with Crippen molar-refractivity contribution in [1.82, 2.24) is 6.15 Å². The van der Waals surface area contributed by atoms with E-state index in [1.807, 2.05) is 0 Å². The molecule has 5 heteroatoms. The van der Waals surface area contributed by atoms with Crippen molar-refractivity contribution in [1.29, 1.82) is 0 Å². The van der Waals surface area contributed by atoms with E-state index in [0.717, 1.165) is 0 Å². The third-order valence-electron chi connectivity index (χ3n) is 1.02. The van der Waals surface area contributed by atoms with Crippen LogP contribution in [0, 0.1) is 0 Å². The molecule has 0 aliphatic carbocycles. The van der Waals surface area contributed by atoms with E-state index < -0.39 is 5.97 Å². The van der Waals surface area contributed by atoms with Crippen LogP contribution in [0.5, 0.6) is 0 Å². The summed E-state index contributed by atoms with van der Waals surface area (Å²) in [6.45, 7) is 0. The predicted octanol–water partition coefficient (Wildman–Crippen LogP) is -4.22. The molecule has 0 radical (unpaired) electrons. The van der Waals surface area contributed by atoms with Crippen LogP contribution in [0.2, 0.25) is 0 Å². The van der Waals surface area contributed by atoms with Crippen molar-refractivity contribution in [2.45, 2.75) is 0 Å². The molecule has 0 heterocycles. The van der Waals surface area contributed by atoms with Crippen LogP contribution < -0.4 is 65.3 Å². The Labute approximate surface area is 119 Å². The van der Waals surface area contributed by atoms with Gasteiger partial charge in [0.1, 0.15) is 0 Å². The average molecular weight is 187 g/mol. The van der Waals surface area contributed by atoms with Gasteiger partial charge in [-0.05, 0) is 12.1 Å². The van der Waals surface area contributed by atoms with Crippen molar-refractivity contribution in [2.24, 2.45) is 0 Å². The first-order valence-corrected chi connectivity index (χ1v) is 2.59. The molecule has 0 bridgehead atoms. The summed E-state index contributed by atoms with van der Waals surface area (Å²) in [5.41, 5.74) is 0.331. The van der Waals surface area contributed by atoms with E-state index in [9.17, 15) is 4.79 Å². The molecular weight excluding hydrogens is 176 g/mol. The molecule has 0 atom stereocenters. The first-order chi connectivity index (χ1) is 4.30. The van der Waals surface area contributed by atoms with E-state index in [4.69, 9.17) is 5.11 Å². The molecule has 0 saturated heterocycles. The fraction of sp³-hybridized carbons (Fsp3) is 0. The van der Waals surface area contributed by atoms with E-state index in [2.05, 4.69) is 0 Å². The van der Waals surface area contributed by atoms with Gasteiger partial charge in [0.05, 0.1) is 5.56 Å². The molecule has 12 heavy (non-hydrogen) atoms. The number of carboxylic acids is 1. The second-order valence-corrected chi connectivity index (χ2v) is 1.67. The minimum Gasteiger partial charge on any atom is -1.00 e. The van der Waals surface area contributed by atoms with Crippen molar-refractivity contribution >= 4 is 5.97 Å². The quantitative estimate of drug-likeness (QED) is 0.438. The zero-order chi connectivity index (χ0) is 6.69. The van der Waals surface area contributed by atoms with Gasteiger partial charge in [-0.1, -0.05) is 18.2 Å². The summed E-state index contributed by atoms with van der Waals surface area (Å²) in [6, 6.07) is 8.30. The van der Waals surface area contributed by atoms with Gasteiger partial charge in [-0.3, -0.25) is 0 Å². The van der Waals surface area contributed by atoms with Crippen LogP contribution in [-0.4, -0.2) is 11.1 Å². The Kier molecular flexibility index (Phi) is 15.0. The van der Waals surface area contributed by atoms with Crippen molar-refractivity contribution < 1.29 is 71.9 Å². The second kappa shape index (κ2) is 9.74. The summed E-state index contributed by atoms with van der Waals surface area (Å²) < 4.78 is 0. The summed E-state index contributed by atoms with van der Waals surface area (Å²) in [5.74, 6) is -0.879. The molecule has 0 aliphatic rings. The Morgan fingerprint density at radius 1 is 1.17 bits per heavy atom. The van der Waals surface area contributed by atoms with E-state index in [-0.39, 0.29) is 68.1 Å². The SMILES string of the molecule is N.O=C(O)c1ccccc1.[H-].[H-].[Na+].[Na+]. The molecule has 0 spiro atoms. The maximum Gasteiger partial charge on any atom is 1.00 e. The second-order valence-electron chi connectivity index (χ2n) is 1.67. The third-order valence-corrected chi connectivity index (χ3v) is 1.02. The molecule has 58 valence electrons. The molecule has 0 saturated carbocycles. The number of rotatable bonds is 1. The summed E-state index contributed by atoms with van der Waals surface area (Å²) in [6.07, 6.45) is 0. The van der Waals surface area contributed by atoms with Gasteiger partial charge in [-0.25, -0.2) is 4.79 Å². The zero-order valence-corrected chi connectivity index (χ0v) is 11.4. The maximum absolute atomic E-state index is 10.2. The Hall–Kier alpha value is 0.650. The van der Waals surface area contributed by atoms with Gasteiger partial charge >= 0.3 is 65.1 Å². The summed E-state index contributed by atoms with van der Waals surface area (Å²) >= 11 is 0. The van der Waals surface area contributed by atoms with Gasteiger partial charge in [-0.2, -0.15) is 0 Å². The molecular formula is C7H11NNa2O2. The number of carboxylic acid groups (broad SMARTS) is 1. The van der Waals surface area contributed by atoms with Gasteiger partial charge in [0.25, 0.3) is 0 Å². The van der Waals surface area contributed by atoms with Crippen LogP contribution in [0.15, 0.2) is 30.3 Å². The summed E-state index contributed by atoms with van der Waals surface area (Å²) in [7, 11) is 0. The summed E-state index contributed by atoms with van der Waals surface area (Å²) in [5, 5.41) is 8.38. The monoisotopic (exact) mass is 187 g/mol. The molecule has 0 amide bonds. The fourth-order valence-electron chi connectivity index (χ4n) is 0.581. The standard InChI is InChI=1S/C7H6O2.H3N.2Na.2H/c8-7(9)6-4-2-1-3-5-6;;;;;/h1-5H,(H,8,9);1H3;;;;/q;;2*+1;2*-1. The van der Waals surface area contributed by atoms with Gasteiger partial charge in [0.15, 0.2) is 0 Å². The van der Waals surface area contributed by atoms with Crippen LogP contribution in [0.1, 0.15) is 13.2 Å². The molecule has 1 rings (SSSR count). The Morgan fingerprint density at radius 2 is 1.58 bits per heavy atom. The van der Waals surface area contributed by atoms with Crippen molar-refractivity contribution in [2.75, 3.05) is 0 Å². The normalized spacial score (nSPS) is 6.67. The molecule has 1 aromatic carbocycles. The van der Waals surface area contributed by atoms with Crippen molar-refractivity contribution in [3.05, 3.63) is 35.9 Å². The van der Waals surface area contributed by atoms with E-state index in [1.165, 1.54) is 0 Å². The van der Waals surface area contributed by atoms with Crippen LogP contribution >= 0.6 is 0 Å². The third kappa shape index (κ3) is 6.20. The first-order valence-electron chi connectivity index (χ1n) is 2.59. The van der Waals surface area contributed by atoms with Gasteiger partial charge in [0, 0.05) is 0 Å². The fourth-order valence-corrected chi connectivity index (χ4v) is 0.581. The van der Waals surface area contributed by atoms with Gasteiger partial charge in [0.2, 0.25) is 0 Å².